The second-order valence-corrected chi connectivity index (χ2v) is 3.57. The Hall–Kier alpha value is -0.410. The van der Waals surface area contributed by atoms with Gasteiger partial charge in [-0.2, -0.15) is 0 Å². The third-order valence-electron chi connectivity index (χ3n) is 1.49. The molecule has 1 aromatic carbocycles. The maximum absolute atomic E-state index is 13.1. The molecule has 1 aromatic rings. The number of hydrogen-bond acceptors (Lipinski definition) is 1. The molecule has 0 N–H and O–H groups in total. The van der Waals surface area contributed by atoms with Crippen LogP contribution in [0.5, 0.6) is 0 Å². The van der Waals surface area contributed by atoms with E-state index in [4.69, 9.17) is 11.6 Å². The van der Waals surface area contributed by atoms with Crippen molar-refractivity contribution in [2.75, 3.05) is 0 Å². The van der Waals surface area contributed by atoms with Crippen molar-refractivity contribution < 1.29 is 9.18 Å². The molecule has 1 nitrogen and oxygen atoms in total. The summed E-state index contributed by atoms with van der Waals surface area (Å²) in [5, 5.41) is 0.119. The van der Waals surface area contributed by atoms with Gasteiger partial charge in [-0.3, -0.25) is 4.79 Å². The average Bonchev–Trinajstić information content (AvgIpc) is 2.02. The molecule has 0 bridgehead atoms. The first-order valence-corrected chi connectivity index (χ1v) is 4.34. The fraction of sp³-hybridized carbons (Fsp3) is 0.125. The van der Waals surface area contributed by atoms with Gasteiger partial charge in [0.2, 0.25) is 0 Å². The lowest BCUT2D eigenvalue weighted by Crippen LogP contribution is -1.93. The van der Waals surface area contributed by atoms with Gasteiger partial charge in [0.15, 0.2) is 6.29 Å². The minimum atomic E-state index is -0.557. The van der Waals surface area contributed by atoms with Gasteiger partial charge < -0.3 is 0 Å². The van der Waals surface area contributed by atoms with Gasteiger partial charge in [0.1, 0.15) is 5.82 Å². The zero-order valence-electron chi connectivity index (χ0n) is 6.20. The molecule has 0 aliphatic heterocycles. The summed E-state index contributed by atoms with van der Waals surface area (Å²) in [4.78, 5) is 10.4. The summed E-state index contributed by atoms with van der Waals surface area (Å²) in [5.74, 6) is -0.557. The van der Waals surface area contributed by atoms with Crippen LogP contribution < -0.4 is 0 Å². The molecule has 0 fully saturated rings. The van der Waals surface area contributed by atoms with Gasteiger partial charge in [0.25, 0.3) is 0 Å². The number of carbonyl (C=O) groups excluding carboxylic acids is 1. The van der Waals surface area contributed by atoms with Crippen molar-refractivity contribution in [1.82, 2.24) is 0 Å². The standard InChI is InChI=1S/C8H5BrClFO/c1-4-2-6(9)7(10)5(3-12)8(4)11/h2-3H,1H3. The summed E-state index contributed by atoms with van der Waals surface area (Å²) in [5.41, 5.74) is 0.303. The molecule has 4 heteroatoms. The summed E-state index contributed by atoms with van der Waals surface area (Å²) < 4.78 is 13.6. The lowest BCUT2D eigenvalue weighted by molar-refractivity contribution is 0.111. The Morgan fingerprint density at radius 2 is 2.25 bits per heavy atom. The molecule has 1 rings (SSSR count). The van der Waals surface area contributed by atoms with Crippen LogP contribution in [0.15, 0.2) is 10.5 Å². The van der Waals surface area contributed by atoms with Crippen LogP contribution in [0.2, 0.25) is 5.02 Å². The van der Waals surface area contributed by atoms with Crippen LogP contribution in [-0.2, 0) is 0 Å². The van der Waals surface area contributed by atoms with E-state index in [-0.39, 0.29) is 10.6 Å². The van der Waals surface area contributed by atoms with Gasteiger partial charge >= 0.3 is 0 Å². The zero-order valence-corrected chi connectivity index (χ0v) is 8.54. The Labute approximate surface area is 82.7 Å². The zero-order chi connectivity index (χ0) is 9.30. The summed E-state index contributed by atoms with van der Waals surface area (Å²) in [6.45, 7) is 1.57. The third-order valence-corrected chi connectivity index (χ3v) is 2.75. The summed E-state index contributed by atoms with van der Waals surface area (Å²) in [7, 11) is 0. The summed E-state index contributed by atoms with van der Waals surface area (Å²) >= 11 is 8.77. The largest absolute Gasteiger partial charge is 0.298 e. The Bertz CT molecular complexity index is 312. The number of aldehydes is 1. The number of rotatable bonds is 1. The van der Waals surface area contributed by atoms with Crippen molar-refractivity contribution in [3.05, 3.63) is 32.5 Å². The fourth-order valence-corrected chi connectivity index (χ4v) is 1.60. The second-order valence-electron chi connectivity index (χ2n) is 2.33. The van der Waals surface area contributed by atoms with Crippen molar-refractivity contribution in [1.29, 1.82) is 0 Å². The highest BCUT2D eigenvalue weighted by Gasteiger charge is 2.12. The lowest BCUT2D eigenvalue weighted by atomic mass is 10.1. The number of aryl methyl sites for hydroxylation is 1. The first-order valence-electron chi connectivity index (χ1n) is 3.17. The maximum Gasteiger partial charge on any atom is 0.154 e. The average molecular weight is 251 g/mol. The van der Waals surface area contributed by atoms with E-state index in [0.717, 1.165) is 0 Å². The molecular weight excluding hydrogens is 246 g/mol. The number of carbonyl (C=O) groups is 1. The van der Waals surface area contributed by atoms with Gasteiger partial charge in [-0.15, -0.1) is 0 Å². The lowest BCUT2D eigenvalue weighted by Gasteiger charge is -2.03. The van der Waals surface area contributed by atoms with E-state index >= 15 is 0 Å². The van der Waals surface area contributed by atoms with Crippen LogP contribution in [0.4, 0.5) is 4.39 Å². The van der Waals surface area contributed by atoms with Crippen LogP contribution in [-0.4, -0.2) is 6.29 Å². The highest BCUT2D eigenvalue weighted by atomic mass is 79.9. The molecule has 0 aliphatic rings. The molecule has 0 saturated heterocycles. The van der Waals surface area contributed by atoms with Gasteiger partial charge in [-0.05, 0) is 34.5 Å². The van der Waals surface area contributed by atoms with E-state index in [1.807, 2.05) is 0 Å². The van der Waals surface area contributed by atoms with Crippen LogP contribution in [0.3, 0.4) is 0 Å². The van der Waals surface area contributed by atoms with Crippen molar-refractivity contribution in [2.45, 2.75) is 6.92 Å². The normalized spacial score (nSPS) is 10.0. The maximum atomic E-state index is 13.1. The molecule has 0 saturated carbocycles. The van der Waals surface area contributed by atoms with Crippen LogP contribution in [0.25, 0.3) is 0 Å². The van der Waals surface area contributed by atoms with Crippen LogP contribution in [0, 0.1) is 12.7 Å². The Morgan fingerprint density at radius 1 is 1.67 bits per heavy atom. The van der Waals surface area contributed by atoms with Crippen molar-refractivity contribution in [2.24, 2.45) is 0 Å². The van der Waals surface area contributed by atoms with E-state index in [1.165, 1.54) is 6.07 Å². The predicted molar refractivity (Wildman–Crippen MR) is 49.2 cm³/mol. The van der Waals surface area contributed by atoms with E-state index in [9.17, 15) is 9.18 Å². The van der Waals surface area contributed by atoms with E-state index in [0.29, 0.717) is 16.3 Å². The summed E-state index contributed by atoms with van der Waals surface area (Å²) in [6.07, 6.45) is 0.412. The van der Waals surface area contributed by atoms with Gasteiger partial charge in [0.05, 0.1) is 10.6 Å². The molecule has 0 atom stereocenters. The Morgan fingerprint density at radius 3 is 2.75 bits per heavy atom. The van der Waals surface area contributed by atoms with Crippen molar-refractivity contribution >= 4 is 33.8 Å². The van der Waals surface area contributed by atoms with Gasteiger partial charge in [-0.1, -0.05) is 11.6 Å². The smallest absolute Gasteiger partial charge is 0.154 e. The topological polar surface area (TPSA) is 17.1 Å². The molecule has 0 radical (unpaired) electrons. The molecule has 0 spiro atoms. The number of hydrogen-bond donors (Lipinski definition) is 0. The van der Waals surface area contributed by atoms with Crippen LogP contribution in [0.1, 0.15) is 15.9 Å². The van der Waals surface area contributed by atoms with Crippen molar-refractivity contribution in [3.8, 4) is 0 Å². The van der Waals surface area contributed by atoms with E-state index in [1.54, 1.807) is 6.92 Å². The molecule has 12 heavy (non-hydrogen) atoms. The molecule has 0 amide bonds. The van der Waals surface area contributed by atoms with Gasteiger partial charge in [0, 0.05) is 4.47 Å². The van der Waals surface area contributed by atoms with E-state index < -0.39 is 5.82 Å². The fourth-order valence-electron chi connectivity index (χ4n) is 0.858. The van der Waals surface area contributed by atoms with Crippen molar-refractivity contribution in [3.63, 3.8) is 0 Å². The Kier molecular flexibility index (Phi) is 2.85. The number of halogens is 3. The molecule has 64 valence electrons. The molecule has 0 unspecified atom stereocenters. The third kappa shape index (κ3) is 1.52. The first kappa shape index (κ1) is 9.68. The van der Waals surface area contributed by atoms with Gasteiger partial charge in [-0.25, -0.2) is 4.39 Å². The molecule has 0 heterocycles. The molecular formula is C8H5BrClFO. The first-order chi connectivity index (χ1) is 5.57. The minimum Gasteiger partial charge on any atom is -0.298 e. The molecule has 0 aromatic heterocycles. The quantitative estimate of drug-likeness (QED) is 0.552. The number of benzene rings is 1. The van der Waals surface area contributed by atoms with E-state index in [2.05, 4.69) is 15.9 Å². The predicted octanol–water partition coefficient (Wildman–Crippen LogP) is 3.36. The highest BCUT2D eigenvalue weighted by Crippen LogP contribution is 2.29. The molecule has 0 aliphatic carbocycles. The van der Waals surface area contributed by atoms with Crippen LogP contribution >= 0.6 is 27.5 Å². The minimum absolute atomic E-state index is 0.0939. The SMILES string of the molecule is Cc1cc(Br)c(Cl)c(C=O)c1F. The summed E-state index contributed by atoms with van der Waals surface area (Å²) in [6, 6.07) is 1.53. The highest BCUT2D eigenvalue weighted by molar-refractivity contribution is 9.10. The second kappa shape index (κ2) is 3.54. The monoisotopic (exact) mass is 250 g/mol. The Balaban J connectivity index is 3.52.